The Morgan fingerprint density at radius 3 is 2.32 bits per heavy atom. The topological polar surface area (TPSA) is 35.6 Å². The summed E-state index contributed by atoms with van der Waals surface area (Å²) in [5.74, 6) is 0. The number of hydrogen-bond donors (Lipinski definition) is 1. The minimum Gasteiger partial charge on any atom is -0.319 e. The Kier molecular flexibility index (Phi) is 4.70. The van der Waals surface area contributed by atoms with E-state index in [0.29, 0.717) is 0 Å². The zero-order valence-corrected chi connectivity index (χ0v) is 14.5. The van der Waals surface area contributed by atoms with Crippen molar-refractivity contribution < 1.29 is 4.79 Å². The molecule has 1 saturated heterocycles. The summed E-state index contributed by atoms with van der Waals surface area (Å²) < 4.78 is 0. The Balaban J connectivity index is 1.48. The zero-order chi connectivity index (χ0) is 17.1. The average Bonchev–Trinajstić information content (AvgIpc) is 3.48. The van der Waals surface area contributed by atoms with Crippen LogP contribution in [0, 0.1) is 0 Å². The second-order valence-electron chi connectivity index (χ2n) is 7.06. The molecule has 1 N–H and O–H groups in total. The van der Waals surface area contributed by atoms with Crippen LogP contribution in [-0.2, 0) is 6.42 Å². The van der Waals surface area contributed by atoms with E-state index >= 15 is 0 Å². The summed E-state index contributed by atoms with van der Waals surface area (Å²) in [7, 11) is 0. The summed E-state index contributed by atoms with van der Waals surface area (Å²) in [5, 5.41) is 3.06. The highest BCUT2D eigenvalue weighted by Gasteiger charge is 2.37. The molecule has 0 aromatic heterocycles. The molecule has 0 bridgehead atoms. The maximum atomic E-state index is 12.9. The Morgan fingerprint density at radius 1 is 0.960 bits per heavy atom. The van der Waals surface area contributed by atoms with E-state index in [1.54, 1.807) is 0 Å². The lowest BCUT2D eigenvalue weighted by Crippen LogP contribution is -2.57. The molecule has 1 heterocycles. The summed E-state index contributed by atoms with van der Waals surface area (Å²) in [4.78, 5) is 17.5. The van der Waals surface area contributed by atoms with E-state index in [1.165, 1.54) is 18.4 Å². The highest BCUT2D eigenvalue weighted by Crippen LogP contribution is 2.29. The number of benzene rings is 2. The van der Waals surface area contributed by atoms with Gasteiger partial charge < -0.3 is 10.2 Å². The molecule has 1 atom stereocenters. The SMILES string of the molecule is O=C(Nc1ccccc1)N1CCN(C2CC2)C[C@@H]1Cc1ccccc1. The van der Waals surface area contributed by atoms with Gasteiger partial charge in [0, 0.05) is 31.4 Å². The number of urea groups is 1. The largest absolute Gasteiger partial charge is 0.322 e. The standard InChI is InChI=1S/C21H25N3O/c25-21(22-18-9-5-2-6-10-18)24-14-13-23(19-11-12-19)16-20(24)15-17-7-3-1-4-8-17/h1-10,19-20H,11-16H2,(H,22,25)/t20-/m0/s1. The van der Waals surface area contributed by atoms with Crippen molar-refractivity contribution >= 4 is 11.7 Å². The van der Waals surface area contributed by atoms with Gasteiger partial charge in [-0.25, -0.2) is 4.79 Å². The molecule has 2 fully saturated rings. The van der Waals surface area contributed by atoms with Gasteiger partial charge in [-0.1, -0.05) is 48.5 Å². The van der Waals surface area contributed by atoms with Gasteiger partial charge in [-0.2, -0.15) is 0 Å². The molecule has 4 rings (SSSR count). The first-order valence-electron chi connectivity index (χ1n) is 9.20. The van der Waals surface area contributed by atoms with Crippen molar-refractivity contribution in [1.82, 2.24) is 9.80 Å². The highest BCUT2D eigenvalue weighted by atomic mass is 16.2. The number of nitrogens with one attached hydrogen (secondary N) is 1. The molecule has 4 nitrogen and oxygen atoms in total. The van der Waals surface area contributed by atoms with Crippen LogP contribution in [0.2, 0.25) is 0 Å². The van der Waals surface area contributed by atoms with Crippen LogP contribution < -0.4 is 5.32 Å². The number of nitrogens with zero attached hydrogens (tertiary/aromatic N) is 2. The molecule has 1 aliphatic carbocycles. The number of rotatable bonds is 4. The second-order valence-corrected chi connectivity index (χ2v) is 7.06. The lowest BCUT2D eigenvalue weighted by molar-refractivity contribution is 0.0954. The summed E-state index contributed by atoms with van der Waals surface area (Å²) in [6, 6.07) is 21.2. The van der Waals surface area contributed by atoms with E-state index in [1.807, 2.05) is 41.3 Å². The molecule has 2 aliphatic rings. The summed E-state index contributed by atoms with van der Waals surface area (Å²) in [5.41, 5.74) is 2.15. The second kappa shape index (κ2) is 7.28. The molecule has 25 heavy (non-hydrogen) atoms. The lowest BCUT2D eigenvalue weighted by Gasteiger charge is -2.41. The Bertz CT molecular complexity index is 700. The van der Waals surface area contributed by atoms with Crippen LogP contribution in [0.3, 0.4) is 0 Å². The van der Waals surface area contributed by atoms with Gasteiger partial charge in [0.2, 0.25) is 0 Å². The molecule has 0 radical (unpaired) electrons. The van der Waals surface area contributed by atoms with Crippen molar-refractivity contribution in [1.29, 1.82) is 0 Å². The first-order valence-corrected chi connectivity index (χ1v) is 9.20. The number of piperazine rings is 1. The molecule has 2 amide bonds. The van der Waals surface area contributed by atoms with Crippen molar-refractivity contribution in [3.63, 3.8) is 0 Å². The maximum absolute atomic E-state index is 12.9. The van der Waals surface area contributed by atoms with Crippen LogP contribution in [0.25, 0.3) is 0 Å². The van der Waals surface area contributed by atoms with Gasteiger partial charge in [0.1, 0.15) is 0 Å². The number of amides is 2. The predicted octanol–water partition coefficient (Wildman–Crippen LogP) is 3.61. The number of hydrogen-bond acceptors (Lipinski definition) is 2. The van der Waals surface area contributed by atoms with E-state index in [4.69, 9.17) is 0 Å². The van der Waals surface area contributed by atoms with E-state index < -0.39 is 0 Å². The fourth-order valence-electron chi connectivity index (χ4n) is 3.70. The van der Waals surface area contributed by atoms with E-state index in [2.05, 4.69) is 34.5 Å². The minimum atomic E-state index is 0.0163. The van der Waals surface area contributed by atoms with Crippen LogP contribution in [0.15, 0.2) is 60.7 Å². The monoisotopic (exact) mass is 335 g/mol. The van der Waals surface area contributed by atoms with Crippen LogP contribution in [0.4, 0.5) is 10.5 Å². The first-order chi connectivity index (χ1) is 12.3. The third-order valence-electron chi connectivity index (χ3n) is 5.18. The van der Waals surface area contributed by atoms with Crippen LogP contribution in [-0.4, -0.2) is 47.5 Å². The van der Waals surface area contributed by atoms with Gasteiger partial charge in [0.05, 0.1) is 6.04 Å². The summed E-state index contributed by atoms with van der Waals surface area (Å²) in [6.07, 6.45) is 3.54. The molecule has 2 aromatic rings. The van der Waals surface area contributed by atoms with Gasteiger partial charge in [-0.15, -0.1) is 0 Å². The first kappa shape index (κ1) is 16.2. The minimum absolute atomic E-state index is 0.0163. The Morgan fingerprint density at radius 2 is 1.64 bits per heavy atom. The van der Waals surface area contributed by atoms with Gasteiger partial charge >= 0.3 is 6.03 Å². The van der Waals surface area contributed by atoms with Gasteiger partial charge in [-0.3, -0.25) is 4.90 Å². The fourth-order valence-corrected chi connectivity index (χ4v) is 3.70. The fraction of sp³-hybridized carbons (Fsp3) is 0.381. The molecule has 1 saturated carbocycles. The number of carbonyl (C=O) groups excluding carboxylic acids is 1. The molecule has 0 unspecified atom stereocenters. The molecule has 0 spiro atoms. The molecular formula is C21H25N3O. The third-order valence-corrected chi connectivity index (χ3v) is 5.18. The van der Waals surface area contributed by atoms with Crippen molar-refractivity contribution in [2.75, 3.05) is 25.0 Å². The lowest BCUT2D eigenvalue weighted by atomic mass is 10.0. The number of para-hydroxylation sites is 1. The van der Waals surface area contributed by atoms with E-state index in [9.17, 15) is 4.79 Å². The van der Waals surface area contributed by atoms with Gasteiger partial charge in [-0.05, 0) is 37.0 Å². The summed E-state index contributed by atoms with van der Waals surface area (Å²) >= 11 is 0. The molecular weight excluding hydrogens is 310 g/mol. The van der Waals surface area contributed by atoms with Crippen molar-refractivity contribution in [2.24, 2.45) is 0 Å². The molecule has 4 heteroatoms. The van der Waals surface area contributed by atoms with Crippen LogP contribution in [0.5, 0.6) is 0 Å². The quantitative estimate of drug-likeness (QED) is 0.926. The average molecular weight is 335 g/mol. The van der Waals surface area contributed by atoms with Crippen molar-refractivity contribution in [3.05, 3.63) is 66.2 Å². The van der Waals surface area contributed by atoms with Crippen LogP contribution in [0.1, 0.15) is 18.4 Å². The Hall–Kier alpha value is -2.33. The smallest absolute Gasteiger partial charge is 0.319 e. The summed E-state index contributed by atoms with van der Waals surface area (Å²) in [6.45, 7) is 2.76. The van der Waals surface area contributed by atoms with Gasteiger partial charge in [0.15, 0.2) is 0 Å². The predicted molar refractivity (Wildman–Crippen MR) is 101 cm³/mol. The van der Waals surface area contributed by atoms with Crippen molar-refractivity contribution in [3.8, 4) is 0 Å². The third kappa shape index (κ3) is 4.02. The molecule has 130 valence electrons. The normalized spacial score (nSPS) is 21.1. The van der Waals surface area contributed by atoms with E-state index in [0.717, 1.165) is 37.8 Å². The van der Waals surface area contributed by atoms with E-state index in [-0.39, 0.29) is 12.1 Å². The van der Waals surface area contributed by atoms with Crippen LogP contribution >= 0.6 is 0 Å². The molecule has 2 aromatic carbocycles. The zero-order valence-electron chi connectivity index (χ0n) is 14.5. The Labute approximate surface area is 149 Å². The maximum Gasteiger partial charge on any atom is 0.322 e. The van der Waals surface area contributed by atoms with Gasteiger partial charge in [0.25, 0.3) is 0 Å². The number of anilines is 1. The number of carbonyl (C=O) groups is 1. The highest BCUT2D eigenvalue weighted by molar-refractivity contribution is 5.89. The molecule has 1 aliphatic heterocycles. The van der Waals surface area contributed by atoms with Crippen molar-refractivity contribution in [2.45, 2.75) is 31.3 Å².